The highest BCUT2D eigenvalue weighted by atomic mass is 16.6. The predicted octanol–water partition coefficient (Wildman–Crippen LogP) is 2.33. The minimum Gasteiger partial charge on any atom is -0.460 e. The molecule has 0 atom stereocenters. The molecule has 0 aromatic rings. The van der Waals surface area contributed by atoms with Gasteiger partial charge in [0.15, 0.2) is 0 Å². The molecule has 0 saturated heterocycles. The van der Waals surface area contributed by atoms with Gasteiger partial charge in [-0.25, -0.2) is 4.79 Å². The van der Waals surface area contributed by atoms with Crippen molar-refractivity contribution in [3.05, 3.63) is 12.7 Å². The zero-order valence-corrected chi connectivity index (χ0v) is 12.9. The van der Waals surface area contributed by atoms with E-state index in [0.717, 1.165) is 19.3 Å². The fourth-order valence-electron chi connectivity index (χ4n) is 1.02. The lowest BCUT2D eigenvalue weighted by Gasteiger charge is -2.01. The molecule has 0 aliphatic rings. The van der Waals surface area contributed by atoms with Gasteiger partial charge in [-0.05, 0) is 12.8 Å². The van der Waals surface area contributed by atoms with E-state index in [4.69, 9.17) is 14.6 Å². The van der Waals surface area contributed by atoms with Crippen molar-refractivity contribution >= 4 is 5.97 Å². The van der Waals surface area contributed by atoms with E-state index in [-0.39, 0.29) is 19.8 Å². The van der Waals surface area contributed by atoms with Gasteiger partial charge in [-0.1, -0.05) is 33.3 Å². The van der Waals surface area contributed by atoms with Crippen molar-refractivity contribution in [2.24, 2.45) is 0 Å². The predicted molar refractivity (Wildman–Crippen MR) is 79.7 cm³/mol. The standard InChI is InChI=1S/C8H18O.C7H12O4/c1-3-5-7-9-8-6-4-2;1-2-7(9)11-6-5-10-4-3-8/h3-8H2,1-2H3;2,8H,1,3-6H2. The largest absolute Gasteiger partial charge is 0.460 e. The Kier molecular flexibility index (Phi) is 21.8. The maximum absolute atomic E-state index is 10.4. The van der Waals surface area contributed by atoms with Gasteiger partial charge in [0, 0.05) is 19.3 Å². The Morgan fingerprint density at radius 2 is 1.55 bits per heavy atom. The second kappa shape index (κ2) is 20.4. The molecule has 0 fully saturated rings. The molecule has 20 heavy (non-hydrogen) atoms. The number of hydrogen-bond acceptors (Lipinski definition) is 5. The number of ether oxygens (including phenoxy) is 3. The molecule has 0 heterocycles. The van der Waals surface area contributed by atoms with E-state index in [9.17, 15) is 4.79 Å². The lowest BCUT2D eigenvalue weighted by molar-refractivity contribution is -0.139. The van der Waals surface area contributed by atoms with Crippen LogP contribution in [0.5, 0.6) is 0 Å². The number of rotatable bonds is 12. The Labute approximate surface area is 122 Å². The van der Waals surface area contributed by atoms with Crippen LogP contribution in [-0.4, -0.2) is 50.7 Å². The molecular weight excluding hydrogens is 260 g/mol. The van der Waals surface area contributed by atoms with E-state index >= 15 is 0 Å². The highest BCUT2D eigenvalue weighted by Crippen LogP contribution is 1.91. The molecule has 0 rings (SSSR count). The third kappa shape index (κ3) is 22.3. The minimum absolute atomic E-state index is 0.0184. The van der Waals surface area contributed by atoms with Crippen molar-refractivity contribution in [2.45, 2.75) is 39.5 Å². The molecule has 0 aromatic carbocycles. The molecule has 0 bridgehead atoms. The van der Waals surface area contributed by atoms with Gasteiger partial charge in [0.2, 0.25) is 0 Å². The SMILES string of the molecule is C=CC(=O)OCCOCCO.CCCCOCCCC. The first-order chi connectivity index (χ1) is 9.72. The van der Waals surface area contributed by atoms with E-state index in [2.05, 4.69) is 25.2 Å². The summed E-state index contributed by atoms with van der Waals surface area (Å²) in [5.41, 5.74) is 0. The van der Waals surface area contributed by atoms with E-state index in [1.165, 1.54) is 25.7 Å². The quantitative estimate of drug-likeness (QED) is 0.339. The Balaban J connectivity index is 0. The van der Waals surface area contributed by atoms with Crippen molar-refractivity contribution in [1.29, 1.82) is 0 Å². The fraction of sp³-hybridized carbons (Fsp3) is 0.800. The second-order valence-electron chi connectivity index (χ2n) is 4.03. The molecule has 0 aromatic heterocycles. The number of unbranched alkanes of at least 4 members (excludes halogenated alkanes) is 2. The van der Waals surface area contributed by atoms with Crippen LogP contribution in [0.2, 0.25) is 0 Å². The monoisotopic (exact) mass is 290 g/mol. The van der Waals surface area contributed by atoms with Crippen LogP contribution in [0.4, 0.5) is 0 Å². The first kappa shape index (κ1) is 21.4. The molecule has 0 radical (unpaired) electrons. The van der Waals surface area contributed by atoms with Gasteiger partial charge in [-0.15, -0.1) is 0 Å². The van der Waals surface area contributed by atoms with E-state index in [1.807, 2.05) is 0 Å². The van der Waals surface area contributed by atoms with Crippen LogP contribution in [-0.2, 0) is 19.0 Å². The molecule has 0 saturated carbocycles. The number of aliphatic hydroxyl groups is 1. The van der Waals surface area contributed by atoms with Gasteiger partial charge >= 0.3 is 5.97 Å². The van der Waals surface area contributed by atoms with Gasteiger partial charge < -0.3 is 19.3 Å². The number of carbonyl (C=O) groups is 1. The van der Waals surface area contributed by atoms with Crippen molar-refractivity contribution < 1.29 is 24.1 Å². The molecule has 5 nitrogen and oxygen atoms in total. The van der Waals surface area contributed by atoms with Gasteiger partial charge in [0.05, 0.1) is 19.8 Å². The third-order valence-corrected chi connectivity index (χ3v) is 2.16. The summed E-state index contributed by atoms with van der Waals surface area (Å²) in [6.07, 6.45) is 6.00. The van der Waals surface area contributed by atoms with Crippen molar-refractivity contribution in [3.63, 3.8) is 0 Å². The van der Waals surface area contributed by atoms with E-state index < -0.39 is 5.97 Å². The summed E-state index contributed by atoms with van der Waals surface area (Å²) >= 11 is 0. The first-order valence-corrected chi connectivity index (χ1v) is 7.28. The Hall–Kier alpha value is -0.910. The molecule has 1 N–H and O–H groups in total. The summed E-state index contributed by atoms with van der Waals surface area (Å²) in [5.74, 6) is -0.461. The molecule has 5 heteroatoms. The smallest absolute Gasteiger partial charge is 0.330 e. The van der Waals surface area contributed by atoms with Crippen LogP contribution >= 0.6 is 0 Å². The van der Waals surface area contributed by atoms with Crippen LogP contribution in [0.3, 0.4) is 0 Å². The van der Waals surface area contributed by atoms with E-state index in [0.29, 0.717) is 6.61 Å². The normalized spacial score (nSPS) is 9.55. The minimum atomic E-state index is -0.461. The lowest BCUT2D eigenvalue weighted by Crippen LogP contribution is -2.09. The lowest BCUT2D eigenvalue weighted by atomic mass is 10.3. The zero-order valence-electron chi connectivity index (χ0n) is 12.9. The maximum Gasteiger partial charge on any atom is 0.330 e. The van der Waals surface area contributed by atoms with Crippen LogP contribution in [0.15, 0.2) is 12.7 Å². The summed E-state index contributed by atoms with van der Waals surface area (Å²) < 4.78 is 14.7. The maximum atomic E-state index is 10.4. The molecule has 0 unspecified atom stereocenters. The van der Waals surface area contributed by atoms with Gasteiger partial charge in [-0.3, -0.25) is 0 Å². The van der Waals surface area contributed by atoms with Gasteiger partial charge in [-0.2, -0.15) is 0 Å². The Bertz CT molecular complexity index is 200. The van der Waals surface area contributed by atoms with Gasteiger partial charge in [0.25, 0.3) is 0 Å². The number of aliphatic hydroxyl groups excluding tert-OH is 1. The molecular formula is C15H30O5. The van der Waals surface area contributed by atoms with Gasteiger partial charge in [0.1, 0.15) is 6.61 Å². The average Bonchev–Trinajstić information content (AvgIpc) is 2.47. The summed E-state index contributed by atoms with van der Waals surface area (Å²) in [7, 11) is 0. The molecule has 0 amide bonds. The van der Waals surface area contributed by atoms with Crippen LogP contribution in [0.25, 0.3) is 0 Å². The van der Waals surface area contributed by atoms with Crippen molar-refractivity contribution in [3.8, 4) is 0 Å². The van der Waals surface area contributed by atoms with Crippen LogP contribution in [0, 0.1) is 0 Å². The zero-order chi connectivity index (χ0) is 15.5. The number of esters is 1. The van der Waals surface area contributed by atoms with E-state index in [1.54, 1.807) is 0 Å². The van der Waals surface area contributed by atoms with Crippen molar-refractivity contribution in [1.82, 2.24) is 0 Å². The number of carbonyl (C=O) groups excluding carboxylic acids is 1. The molecule has 120 valence electrons. The topological polar surface area (TPSA) is 65.0 Å². The Morgan fingerprint density at radius 3 is 2.00 bits per heavy atom. The second-order valence-corrected chi connectivity index (χ2v) is 4.03. The number of hydrogen-bond donors (Lipinski definition) is 1. The highest BCUT2D eigenvalue weighted by Gasteiger charge is 1.93. The first-order valence-electron chi connectivity index (χ1n) is 7.28. The van der Waals surface area contributed by atoms with Crippen LogP contribution in [0.1, 0.15) is 39.5 Å². The highest BCUT2D eigenvalue weighted by molar-refractivity contribution is 5.81. The summed E-state index contributed by atoms with van der Waals surface area (Å²) in [6.45, 7) is 10.3. The molecule has 0 aliphatic carbocycles. The Morgan fingerprint density at radius 1 is 1.00 bits per heavy atom. The molecule has 0 aliphatic heterocycles. The van der Waals surface area contributed by atoms with Crippen molar-refractivity contribution in [2.75, 3.05) is 39.6 Å². The molecule has 0 spiro atoms. The third-order valence-electron chi connectivity index (χ3n) is 2.16. The summed E-state index contributed by atoms with van der Waals surface area (Å²) in [6, 6.07) is 0. The summed E-state index contributed by atoms with van der Waals surface area (Å²) in [4.78, 5) is 10.4. The fourth-order valence-corrected chi connectivity index (χ4v) is 1.02. The van der Waals surface area contributed by atoms with Crippen LogP contribution < -0.4 is 0 Å². The summed E-state index contributed by atoms with van der Waals surface area (Å²) in [5, 5.41) is 8.27. The average molecular weight is 290 g/mol.